The van der Waals surface area contributed by atoms with E-state index in [2.05, 4.69) is 0 Å². The number of hydrogen-bond donors (Lipinski definition) is 0. The third-order valence-electron chi connectivity index (χ3n) is 2.76. The largest absolute Gasteiger partial charge is 0.493 e. The van der Waals surface area contributed by atoms with Crippen LogP contribution in [0.2, 0.25) is 0 Å². The lowest BCUT2D eigenvalue weighted by atomic mass is 10.1. The van der Waals surface area contributed by atoms with Crippen LogP contribution in [0, 0.1) is 0 Å². The van der Waals surface area contributed by atoms with Gasteiger partial charge in [-0.3, -0.25) is 4.79 Å². The van der Waals surface area contributed by atoms with Gasteiger partial charge in [0, 0.05) is 12.0 Å². The fourth-order valence-electron chi connectivity index (χ4n) is 1.78. The normalized spacial score (nSPS) is 16.5. The summed E-state index contributed by atoms with van der Waals surface area (Å²) < 4.78 is 16.4. The Hall–Kier alpha value is -1.39. The fourth-order valence-corrected chi connectivity index (χ4v) is 1.78. The van der Waals surface area contributed by atoms with Crippen LogP contribution in [0.25, 0.3) is 0 Å². The molecule has 1 aliphatic rings. The van der Waals surface area contributed by atoms with Crippen LogP contribution in [0.4, 0.5) is 0 Å². The predicted molar refractivity (Wildman–Crippen MR) is 66.9 cm³/mol. The van der Waals surface area contributed by atoms with Gasteiger partial charge in [0.25, 0.3) is 0 Å². The van der Waals surface area contributed by atoms with Crippen molar-refractivity contribution in [3.63, 3.8) is 0 Å². The Labute approximate surface area is 107 Å². The molecule has 1 aromatic rings. The van der Waals surface area contributed by atoms with Crippen molar-refractivity contribution in [1.29, 1.82) is 0 Å². The van der Waals surface area contributed by atoms with Crippen LogP contribution in [0.15, 0.2) is 24.3 Å². The van der Waals surface area contributed by atoms with Crippen LogP contribution in [0.5, 0.6) is 5.75 Å². The maximum absolute atomic E-state index is 11.2. The molecule has 1 heterocycles. The molecule has 1 fully saturated rings. The molecule has 4 heteroatoms. The minimum atomic E-state index is -0.158. The zero-order chi connectivity index (χ0) is 12.8. The number of ketones is 1. The number of ether oxygens (including phenoxy) is 3. The summed E-state index contributed by atoms with van der Waals surface area (Å²) in [6.45, 7) is 3.57. The molecule has 0 atom stereocenters. The van der Waals surface area contributed by atoms with Gasteiger partial charge in [-0.1, -0.05) is 12.1 Å². The second kappa shape index (κ2) is 6.52. The first kappa shape index (κ1) is 13.1. The van der Waals surface area contributed by atoms with Crippen molar-refractivity contribution < 1.29 is 19.0 Å². The van der Waals surface area contributed by atoms with Crippen molar-refractivity contribution in [1.82, 2.24) is 0 Å². The second-order valence-corrected chi connectivity index (χ2v) is 4.25. The highest BCUT2D eigenvalue weighted by molar-refractivity contribution is 5.94. The molecule has 0 radical (unpaired) electrons. The Morgan fingerprint density at radius 1 is 1.39 bits per heavy atom. The van der Waals surface area contributed by atoms with Crippen molar-refractivity contribution in [3.05, 3.63) is 29.8 Å². The highest BCUT2D eigenvalue weighted by Gasteiger charge is 2.13. The van der Waals surface area contributed by atoms with Gasteiger partial charge in [-0.2, -0.15) is 0 Å². The van der Waals surface area contributed by atoms with E-state index in [-0.39, 0.29) is 12.1 Å². The topological polar surface area (TPSA) is 44.8 Å². The summed E-state index contributed by atoms with van der Waals surface area (Å²) in [4.78, 5) is 11.2. The van der Waals surface area contributed by atoms with Crippen LogP contribution in [-0.2, 0) is 9.47 Å². The first-order valence-electron chi connectivity index (χ1n) is 6.23. The number of benzene rings is 1. The number of carbonyl (C=O) groups is 1. The van der Waals surface area contributed by atoms with E-state index in [9.17, 15) is 4.79 Å². The lowest BCUT2D eigenvalue weighted by Gasteiger charge is -2.23. The Kier molecular flexibility index (Phi) is 4.73. The monoisotopic (exact) mass is 250 g/mol. The van der Waals surface area contributed by atoms with Gasteiger partial charge in [0.05, 0.1) is 19.8 Å². The molecule has 1 aliphatic heterocycles. The standard InChI is InChI=1S/C14H18O4/c1-11(15)12-4-2-5-13(10-12)16-9-6-14-17-7-3-8-18-14/h2,4-5,10,14H,3,6-9H2,1H3. The number of carbonyl (C=O) groups excluding carboxylic acids is 1. The molecule has 0 amide bonds. The highest BCUT2D eigenvalue weighted by Crippen LogP contribution is 2.15. The number of rotatable bonds is 5. The second-order valence-electron chi connectivity index (χ2n) is 4.25. The molecule has 0 unspecified atom stereocenters. The predicted octanol–water partition coefficient (Wildman–Crippen LogP) is 2.42. The average Bonchev–Trinajstić information content (AvgIpc) is 2.40. The summed E-state index contributed by atoms with van der Waals surface area (Å²) in [6, 6.07) is 7.20. The first-order chi connectivity index (χ1) is 8.75. The molecule has 98 valence electrons. The van der Waals surface area contributed by atoms with Gasteiger partial charge >= 0.3 is 0 Å². The summed E-state index contributed by atoms with van der Waals surface area (Å²) in [5.74, 6) is 0.748. The number of hydrogen-bond acceptors (Lipinski definition) is 4. The summed E-state index contributed by atoms with van der Waals surface area (Å²) >= 11 is 0. The van der Waals surface area contributed by atoms with Gasteiger partial charge in [-0.05, 0) is 25.5 Å². The Morgan fingerprint density at radius 3 is 2.89 bits per heavy atom. The minimum Gasteiger partial charge on any atom is -0.493 e. The van der Waals surface area contributed by atoms with E-state index in [1.807, 2.05) is 12.1 Å². The van der Waals surface area contributed by atoms with Gasteiger partial charge < -0.3 is 14.2 Å². The van der Waals surface area contributed by atoms with Crippen LogP contribution < -0.4 is 4.74 Å². The minimum absolute atomic E-state index is 0.0411. The molecule has 18 heavy (non-hydrogen) atoms. The zero-order valence-corrected chi connectivity index (χ0v) is 10.6. The third-order valence-corrected chi connectivity index (χ3v) is 2.76. The molecule has 0 spiro atoms. The molecular formula is C14H18O4. The lowest BCUT2D eigenvalue weighted by molar-refractivity contribution is -0.183. The molecular weight excluding hydrogens is 232 g/mol. The maximum Gasteiger partial charge on any atom is 0.160 e. The van der Waals surface area contributed by atoms with Crippen LogP contribution in [0.1, 0.15) is 30.1 Å². The first-order valence-corrected chi connectivity index (χ1v) is 6.23. The molecule has 2 rings (SSSR count). The fraction of sp³-hybridized carbons (Fsp3) is 0.500. The Balaban J connectivity index is 1.78. The van der Waals surface area contributed by atoms with E-state index >= 15 is 0 Å². The molecule has 0 aliphatic carbocycles. The van der Waals surface area contributed by atoms with Gasteiger partial charge in [-0.15, -0.1) is 0 Å². The van der Waals surface area contributed by atoms with Crippen molar-refractivity contribution in [3.8, 4) is 5.75 Å². The van der Waals surface area contributed by atoms with Gasteiger partial charge in [0.15, 0.2) is 12.1 Å². The average molecular weight is 250 g/mol. The van der Waals surface area contributed by atoms with E-state index < -0.39 is 0 Å². The third kappa shape index (κ3) is 3.82. The molecule has 0 bridgehead atoms. The van der Waals surface area contributed by atoms with Gasteiger partial charge in [0.1, 0.15) is 5.75 Å². The molecule has 1 saturated heterocycles. The zero-order valence-electron chi connectivity index (χ0n) is 10.6. The van der Waals surface area contributed by atoms with Crippen LogP contribution in [-0.4, -0.2) is 31.9 Å². The van der Waals surface area contributed by atoms with Gasteiger partial charge in [0.2, 0.25) is 0 Å². The van der Waals surface area contributed by atoms with Crippen LogP contribution in [0.3, 0.4) is 0 Å². The van der Waals surface area contributed by atoms with E-state index in [1.165, 1.54) is 0 Å². The molecule has 0 N–H and O–H groups in total. The maximum atomic E-state index is 11.2. The smallest absolute Gasteiger partial charge is 0.160 e. The molecule has 4 nitrogen and oxygen atoms in total. The SMILES string of the molecule is CC(=O)c1cccc(OCCC2OCCCO2)c1. The van der Waals surface area contributed by atoms with Crippen molar-refractivity contribution in [2.24, 2.45) is 0 Å². The van der Waals surface area contributed by atoms with E-state index in [0.717, 1.165) is 19.6 Å². The van der Waals surface area contributed by atoms with Crippen molar-refractivity contribution in [2.45, 2.75) is 26.1 Å². The molecule has 1 aromatic carbocycles. The lowest BCUT2D eigenvalue weighted by Crippen LogP contribution is -2.26. The van der Waals surface area contributed by atoms with E-state index in [0.29, 0.717) is 24.3 Å². The molecule has 0 aromatic heterocycles. The summed E-state index contributed by atoms with van der Waals surface area (Å²) in [7, 11) is 0. The summed E-state index contributed by atoms with van der Waals surface area (Å²) in [5, 5.41) is 0. The number of Topliss-reactive ketones (excluding diaryl/α,β-unsaturated/α-hetero) is 1. The van der Waals surface area contributed by atoms with Crippen LogP contribution >= 0.6 is 0 Å². The van der Waals surface area contributed by atoms with E-state index in [1.54, 1.807) is 19.1 Å². The summed E-state index contributed by atoms with van der Waals surface area (Å²) in [6.07, 6.45) is 1.50. The quantitative estimate of drug-likeness (QED) is 0.753. The van der Waals surface area contributed by atoms with Crippen molar-refractivity contribution in [2.75, 3.05) is 19.8 Å². The summed E-state index contributed by atoms with van der Waals surface area (Å²) in [5.41, 5.74) is 0.665. The van der Waals surface area contributed by atoms with E-state index in [4.69, 9.17) is 14.2 Å². The Bertz CT molecular complexity index is 397. The van der Waals surface area contributed by atoms with Gasteiger partial charge in [-0.25, -0.2) is 0 Å². The van der Waals surface area contributed by atoms with Crippen molar-refractivity contribution >= 4 is 5.78 Å². The Morgan fingerprint density at radius 2 is 2.17 bits per heavy atom. The highest BCUT2D eigenvalue weighted by atomic mass is 16.7. The molecule has 0 saturated carbocycles.